The summed E-state index contributed by atoms with van der Waals surface area (Å²) in [5.74, 6) is -38.5. The largest absolute Gasteiger partial charge is 0.503 e. The number of nitrogens with zero attached hydrogens (tertiary/aromatic N) is 8. The average molecular weight is 1170 g/mol. The van der Waals surface area contributed by atoms with Crippen molar-refractivity contribution in [2.24, 2.45) is 11.5 Å². The third-order valence-corrected chi connectivity index (χ3v) is 14.7. The van der Waals surface area contributed by atoms with Crippen LogP contribution in [0, 0.1) is 0 Å². The second-order valence-electron chi connectivity index (χ2n) is 19.4. The Bertz CT molecular complexity index is 3760. The van der Waals surface area contributed by atoms with Crippen LogP contribution in [0.4, 0.5) is 22.7 Å². The molecule has 6 aromatic rings. The van der Waals surface area contributed by atoms with Gasteiger partial charge in [0, 0.05) is 48.6 Å². The van der Waals surface area contributed by atoms with Crippen molar-refractivity contribution in [1.82, 2.24) is 19.6 Å². The molecule has 6 heterocycles. The van der Waals surface area contributed by atoms with Crippen LogP contribution in [-0.2, 0) is 27.2 Å². The van der Waals surface area contributed by atoms with Gasteiger partial charge in [-0.05, 0) is 74.2 Å². The second kappa shape index (κ2) is 19.8. The maximum absolute atomic E-state index is 14.4. The number of primary amides is 2. The van der Waals surface area contributed by atoms with Gasteiger partial charge in [-0.1, -0.05) is 0 Å². The third kappa shape index (κ3) is 8.10. The van der Waals surface area contributed by atoms with Crippen molar-refractivity contribution in [1.29, 1.82) is 0 Å². The van der Waals surface area contributed by atoms with Crippen LogP contribution in [-0.4, -0.2) is 188 Å². The minimum absolute atomic E-state index is 0.0158. The highest BCUT2D eigenvalue weighted by atomic mass is 16.8. The molecule has 2 fully saturated rings. The Morgan fingerprint density at radius 3 is 1.55 bits per heavy atom. The summed E-state index contributed by atoms with van der Waals surface area (Å²) in [4.78, 5) is 82.2. The zero-order valence-corrected chi connectivity index (χ0v) is 43.1. The lowest BCUT2D eigenvalue weighted by molar-refractivity contribution is -0.517. The predicted molar refractivity (Wildman–Crippen MR) is 274 cm³/mol. The van der Waals surface area contributed by atoms with Gasteiger partial charge in [-0.2, -0.15) is 10.2 Å². The van der Waals surface area contributed by atoms with Gasteiger partial charge in [0.15, 0.2) is 58.4 Å². The number of phenols is 8. The Balaban J connectivity index is 0.933. The van der Waals surface area contributed by atoms with Crippen molar-refractivity contribution >= 4 is 58.2 Å². The molecule has 19 N–H and O–H groups in total. The Labute approximate surface area is 467 Å². The first-order valence-corrected chi connectivity index (χ1v) is 24.7. The smallest absolute Gasteiger partial charge is 0.316 e. The summed E-state index contributed by atoms with van der Waals surface area (Å²) in [5, 5.41) is 176. The number of hydrogen-bond acceptors (Lipinski definition) is 26. The third-order valence-electron chi connectivity index (χ3n) is 14.7. The number of aromatic nitrogens is 4. The zero-order chi connectivity index (χ0) is 61.2. The number of carbonyl (C=O) groups excluding carboxylic acids is 6. The first-order chi connectivity index (χ1) is 39.5. The number of aliphatic hydroxyl groups is 7. The molecule has 84 heavy (non-hydrogen) atoms. The molecule has 1 atom stereocenters. The van der Waals surface area contributed by atoms with Crippen LogP contribution in [0.3, 0.4) is 0 Å². The number of nitrogens with two attached hydrogens (primary N) is 2. The summed E-state index contributed by atoms with van der Waals surface area (Å²) in [6, 6.07) is 10.1. The second-order valence-corrected chi connectivity index (χ2v) is 19.4. The Morgan fingerprint density at radius 1 is 0.560 bits per heavy atom. The molecule has 4 aromatic carbocycles. The van der Waals surface area contributed by atoms with E-state index < -0.39 is 169 Å². The van der Waals surface area contributed by atoms with E-state index in [4.69, 9.17) is 25.7 Å². The number of piperidine rings is 2. The van der Waals surface area contributed by atoms with Crippen molar-refractivity contribution in [2.45, 2.75) is 55.4 Å². The van der Waals surface area contributed by atoms with Crippen LogP contribution in [0.5, 0.6) is 57.5 Å². The number of ether oxygens (including phenoxy) is 3. The summed E-state index contributed by atoms with van der Waals surface area (Å²) in [6.45, 7) is -2.68. The van der Waals surface area contributed by atoms with Gasteiger partial charge in [0.25, 0.3) is 35.3 Å². The van der Waals surface area contributed by atoms with E-state index in [0.29, 0.717) is 29.2 Å². The molecule has 0 bridgehead atoms. The topological polar surface area (TPSA) is 534 Å². The van der Waals surface area contributed by atoms with Crippen LogP contribution >= 0.6 is 0 Å². The van der Waals surface area contributed by atoms with E-state index in [9.17, 15) is 105 Å². The van der Waals surface area contributed by atoms with E-state index in [1.165, 1.54) is 16.7 Å². The van der Waals surface area contributed by atoms with Crippen molar-refractivity contribution in [3.8, 4) is 68.9 Å². The number of carbonyl (C=O) groups is 6. The number of hydrogen-bond donors (Lipinski definition) is 17. The first kappa shape index (κ1) is 57.1. The number of fused-ring (bicyclic) bond motifs is 2. The minimum Gasteiger partial charge on any atom is -0.503 e. The molecular weight excluding hydrogens is 1120 g/mol. The van der Waals surface area contributed by atoms with Gasteiger partial charge in [-0.3, -0.25) is 38.6 Å². The quantitative estimate of drug-likeness (QED) is 0.0310. The molecule has 442 valence electrons. The standard InChI is InChI=1S/C50H48N10O24/c1-82-22-11-9-21(10-12-22)59-28-23(26(53-59)42(51)70)13-16-55(44(28)72)19-5-7-20(8-6-19)58-46(74)47(75,76)48(77,78)49(79,50(58,80)81)84-18-83-41-39(68)37(66)32(38(67)40(41)69)60-29-24(27(54-60)43(52)71)14-17-57(45(29)73)31-35(64)33(62)30(34(63)36(31)65)56-15-3-2-4-25(56)61/h5-12,62-69,75-81H,2-4,13-18H2,1H3,(H2,51,70)(H2,52,71). The lowest BCUT2D eigenvalue weighted by Gasteiger charge is -2.56. The summed E-state index contributed by atoms with van der Waals surface area (Å²) in [6.07, 6.45) is 0.393. The molecule has 6 amide bonds. The first-order valence-electron chi connectivity index (χ1n) is 24.7. The highest BCUT2D eigenvalue weighted by Gasteiger charge is 2.82. The molecule has 34 heteroatoms. The number of benzene rings is 4. The van der Waals surface area contributed by atoms with E-state index in [-0.39, 0.29) is 58.8 Å². The molecule has 2 aromatic heterocycles. The van der Waals surface area contributed by atoms with E-state index in [0.717, 1.165) is 29.2 Å². The number of amides is 6. The van der Waals surface area contributed by atoms with Gasteiger partial charge >= 0.3 is 17.5 Å². The zero-order valence-electron chi connectivity index (χ0n) is 43.1. The normalized spacial score (nSPS) is 19.1. The number of rotatable bonds is 13. The predicted octanol–water partition coefficient (Wildman–Crippen LogP) is -3.08. The summed E-state index contributed by atoms with van der Waals surface area (Å²) in [7, 11) is 1.43. The van der Waals surface area contributed by atoms with E-state index in [1.807, 2.05) is 0 Å². The van der Waals surface area contributed by atoms with Gasteiger partial charge in [0.2, 0.25) is 23.2 Å². The fraction of sp³-hybridized carbons (Fsp3) is 0.280. The number of methoxy groups -OCH3 is 1. The summed E-state index contributed by atoms with van der Waals surface area (Å²) in [5.41, 5.74) is 5.80. The molecule has 34 nitrogen and oxygen atoms in total. The van der Waals surface area contributed by atoms with Crippen LogP contribution < -0.4 is 40.5 Å². The number of anilines is 4. The maximum atomic E-state index is 14.4. The summed E-state index contributed by atoms with van der Waals surface area (Å²) < 4.78 is 16.6. The Morgan fingerprint density at radius 2 is 1.02 bits per heavy atom. The highest BCUT2D eigenvalue weighted by Crippen LogP contribution is 2.58. The fourth-order valence-electron chi connectivity index (χ4n) is 10.4. The van der Waals surface area contributed by atoms with Crippen LogP contribution in [0.2, 0.25) is 0 Å². The summed E-state index contributed by atoms with van der Waals surface area (Å²) >= 11 is 0. The molecule has 1 unspecified atom stereocenters. The van der Waals surface area contributed by atoms with Gasteiger partial charge in [-0.15, -0.1) is 0 Å². The van der Waals surface area contributed by atoms with Crippen LogP contribution in [0.25, 0.3) is 11.4 Å². The molecule has 0 radical (unpaired) electrons. The van der Waals surface area contributed by atoms with Crippen molar-refractivity contribution in [3.63, 3.8) is 0 Å². The minimum atomic E-state index is -4.90. The molecule has 10 rings (SSSR count). The van der Waals surface area contributed by atoms with Gasteiger partial charge in [0.05, 0.1) is 12.8 Å². The monoisotopic (exact) mass is 1170 g/mol. The molecule has 0 saturated carbocycles. The lowest BCUT2D eigenvalue weighted by Crippen LogP contribution is -2.89. The Kier molecular flexibility index (Phi) is 13.4. The average Bonchev–Trinajstić information content (AvgIpc) is 0.922. The van der Waals surface area contributed by atoms with Crippen LogP contribution in [0.1, 0.15) is 72.3 Å². The molecule has 4 aliphatic heterocycles. The van der Waals surface area contributed by atoms with Crippen LogP contribution in [0.15, 0.2) is 48.5 Å². The van der Waals surface area contributed by atoms with Gasteiger partial charge < -0.3 is 112 Å². The maximum Gasteiger partial charge on any atom is 0.316 e. The molecule has 4 aliphatic rings. The van der Waals surface area contributed by atoms with Gasteiger partial charge in [-0.25, -0.2) is 9.36 Å². The highest BCUT2D eigenvalue weighted by molar-refractivity contribution is 6.13. The lowest BCUT2D eigenvalue weighted by atomic mass is 9.85. The molecule has 0 spiro atoms. The van der Waals surface area contributed by atoms with E-state index in [2.05, 4.69) is 10.2 Å². The van der Waals surface area contributed by atoms with E-state index in [1.54, 1.807) is 24.3 Å². The number of phenolic OH excluding ortho intramolecular Hbond substituents is 8. The van der Waals surface area contributed by atoms with Crippen molar-refractivity contribution in [2.75, 3.05) is 53.1 Å². The van der Waals surface area contributed by atoms with E-state index >= 15 is 0 Å². The molecule has 2 saturated heterocycles. The molecule has 0 aliphatic carbocycles. The Hall–Kier alpha value is -10.2. The number of aromatic hydroxyl groups is 8. The fourth-order valence-corrected chi connectivity index (χ4v) is 10.4. The van der Waals surface area contributed by atoms with Gasteiger partial charge in [0.1, 0.15) is 28.5 Å². The van der Waals surface area contributed by atoms with Crippen molar-refractivity contribution < 1.29 is 120 Å². The van der Waals surface area contributed by atoms with Crippen molar-refractivity contribution in [3.05, 3.63) is 82.4 Å². The SMILES string of the molecule is COc1ccc(-n2nc(C(N)=O)c3c2C(=O)N(c2ccc(N4C(=O)C(O)(O)C(O)(O)C(O)(OCOc5c(O)c(O)c(-n6nc(C(N)=O)c7c6C(=O)N(c6c(O)c(O)c(N8CCCCC8=O)c(O)c6O)CC7)c(O)c5O)C4(O)O)cc2)CC3)cc1. The molecular formula is C50H48N10O24.